The van der Waals surface area contributed by atoms with Gasteiger partial charge in [-0.1, -0.05) is 13.8 Å². The van der Waals surface area contributed by atoms with E-state index in [1.165, 1.54) is 0 Å². The van der Waals surface area contributed by atoms with Gasteiger partial charge >= 0.3 is 0 Å². The molecule has 0 aromatic heterocycles. The minimum Gasteiger partial charge on any atom is -0.388 e. The second-order valence-electron chi connectivity index (χ2n) is 2.75. The van der Waals surface area contributed by atoms with Gasteiger partial charge in [-0.25, -0.2) is 0 Å². The highest BCUT2D eigenvalue weighted by Gasteiger charge is 2.12. The fourth-order valence-corrected chi connectivity index (χ4v) is 0.808. The van der Waals surface area contributed by atoms with E-state index in [-0.39, 0.29) is 11.9 Å². The number of hydrogen-bond donors (Lipinski definition) is 2. The van der Waals surface area contributed by atoms with Gasteiger partial charge in [0.2, 0.25) is 0 Å². The fourth-order valence-electron chi connectivity index (χ4n) is 0.808. The van der Waals surface area contributed by atoms with Crippen LogP contribution in [-0.4, -0.2) is 19.0 Å². The van der Waals surface area contributed by atoms with Crippen molar-refractivity contribution in [1.82, 2.24) is 0 Å². The Balaban J connectivity index is 3.71. The summed E-state index contributed by atoms with van der Waals surface area (Å²) >= 11 is 0. The van der Waals surface area contributed by atoms with E-state index in [0.29, 0.717) is 12.3 Å². The lowest BCUT2D eigenvalue weighted by Gasteiger charge is -2.17. The van der Waals surface area contributed by atoms with Gasteiger partial charge in [0.15, 0.2) is 0 Å². The quantitative estimate of drug-likeness (QED) is 0.456. The standard InChI is InChI=1S/C7H16N2O/c1-5(2)6(10-3)4-7(8)9/h5-6H,4H2,1-3H3,(H3,8,9). The molecule has 60 valence electrons. The predicted molar refractivity (Wildman–Crippen MR) is 42.2 cm³/mol. The lowest BCUT2D eigenvalue weighted by Crippen LogP contribution is -2.25. The van der Waals surface area contributed by atoms with E-state index in [1.807, 2.05) is 0 Å². The average molecular weight is 144 g/mol. The monoisotopic (exact) mass is 144 g/mol. The zero-order valence-electron chi connectivity index (χ0n) is 6.85. The first-order valence-corrected chi connectivity index (χ1v) is 3.43. The largest absolute Gasteiger partial charge is 0.388 e. The van der Waals surface area contributed by atoms with Crippen LogP contribution in [0.3, 0.4) is 0 Å². The van der Waals surface area contributed by atoms with Gasteiger partial charge in [-0.05, 0) is 5.92 Å². The summed E-state index contributed by atoms with van der Waals surface area (Å²) in [5.74, 6) is 0.620. The SMILES string of the molecule is COC(CC(=N)N)C(C)C. The molecule has 3 N–H and O–H groups in total. The third kappa shape index (κ3) is 3.45. The third-order valence-electron chi connectivity index (χ3n) is 1.47. The van der Waals surface area contributed by atoms with E-state index in [1.54, 1.807) is 7.11 Å². The molecule has 0 saturated carbocycles. The molecule has 0 saturated heterocycles. The molecule has 1 unspecified atom stereocenters. The number of amidine groups is 1. The van der Waals surface area contributed by atoms with Crippen LogP contribution in [0, 0.1) is 11.3 Å². The van der Waals surface area contributed by atoms with E-state index < -0.39 is 0 Å². The highest BCUT2D eigenvalue weighted by molar-refractivity contribution is 5.77. The molecule has 0 radical (unpaired) electrons. The molecule has 0 spiro atoms. The summed E-state index contributed by atoms with van der Waals surface area (Å²) in [7, 11) is 1.65. The van der Waals surface area contributed by atoms with Gasteiger partial charge in [-0.3, -0.25) is 5.41 Å². The van der Waals surface area contributed by atoms with E-state index in [0.717, 1.165) is 0 Å². The van der Waals surface area contributed by atoms with Crippen LogP contribution in [0.25, 0.3) is 0 Å². The van der Waals surface area contributed by atoms with E-state index in [4.69, 9.17) is 15.9 Å². The molecule has 0 rings (SSSR count). The third-order valence-corrected chi connectivity index (χ3v) is 1.47. The van der Waals surface area contributed by atoms with E-state index in [9.17, 15) is 0 Å². The first-order valence-electron chi connectivity index (χ1n) is 3.43. The number of methoxy groups -OCH3 is 1. The first kappa shape index (κ1) is 9.43. The predicted octanol–water partition coefficient (Wildman–Crippen LogP) is 0.983. The summed E-state index contributed by atoms with van der Waals surface area (Å²) in [6.45, 7) is 4.11. The molecule has 0 amide bonds. The number of rotatable bonds is 4. The molecule has 0 aromatic carbocycles. The highest BCUT2D eigenvalue weighted by atomic mass is 16.5. The van der Waals surface area contributed by atoms with Crippen molar-refractivity contribution in [3.63, 3.8) is 0 Å². The van der Waals surface area contributed by atoms with Crippen LogP contribution in [-0.2, 0) is 4.74 Å². The van der Waals surface area contributed by atoms with Crippen LogP contribution < -0.4 is 5.73 Å². The Morgan fingerprint density at radius 3 is 2.20 bits per heavy atom. The molecule has 10 heavy (non-hydrogen) atoms. The van der Waals surface area contributed by atoms with Crippen LogP contribution in [0.2, 0.25) is 0 Å². The molecule has 0 aliphatic rings. The Labute approximate surface area is 62.1 Å². The minimum atomic E-state index is 0.0949. The van der Waals surface area contributed by atoms with Gasteiger partial charge in [-0.2, -0.15) is 0 Å². The normalized spacial score (nSPS) is 13.6. The zero-order valence-corrected chi connectivity index (χ0v) is 6.85. The van der Waals surface area contributed by atoms with Crippen LogP contribution in [0.1, 0.15) is 20.3 Å². The van der Waals surface area contributed by atoms with Gasteiger partial charge in [0, 0.05) is 13.5 Å². The van der Waals surface area contributed by atoms with Crippen molar-refractivity contribution in [1.29, 1.82) is 5.41 Å². The summed E-state index contributed by atoms with van der Waals surface area (Å²) in [4.78, 5) is 0. The molecule has 0 aliphatic carbocycles. The molecule has 3 heteroatoms. The van der Waals surface area contributed by atoms with Crippen molar-refractivity contribution in [2.75, 3.05) is 7.11 Å². The summed E-state index contributed by atoms with van der Waals surface area (Å²) in [6.07, 6.45) is 0.631. The summed E-state index contributed by atoms with van der Waals surface area (Å²) in [6, 6.07) is 0. The van der Waals surface area contributed by atoms with E-state index >= 15 is 0 Å². The van der Waals surface area contributed by atoms with Crippen LogP contribution in [0.5, 0.6) is 0 Å². The Kier molecular flexibility index (Phi) is 4.03. The number of hydrogen-bond acceptors (Lipinski definition) is 2. The summed E-state index contributed by atoms with van der Waals surface area (Å²) < 4.78 is 5.10. The molecule has 0 bridgehead atoms. The van der Waals surface area contributed by atoms with Crippen LogP contribution in [0.4, 0.5) is 0 Å². The lowest BCUT2D eigenvalue weighted by molar-refractivity contribution is 0.0707. The molecule has 0 fully saturated rings. The van der Waals surface area contributed by atoms with Crippen LogP contribution in [0.15, 0.2) is 0 Å². The maximum Gasteiger partial charge on any atom is 0.0931 e. The van der Waals surface area contributed by atoms with Gasteiger partial charge in [-0.15, -0.1) is 0 Å². The molecular formula is C7H16N2O. The highest BCUT2D eigenvalue weighted by Crippen LogP contribution is 2.08. The first-order chi connectivity index (χ1) is 4.57. The molecule has 0 aromatic rings. The Morgan fingerprint density at radius 2 is 2.10 bits per heavy atom. The number of nitrogens with one attached hydrogen (secondary N) is 1. The fraction of sp³-hybridized carbons (Fsp3) is 0.857. The van der Waals surface area contributed by atoms with Gasteiger partial charge in [0.05, 0.1) is 11.9 Å². The topological polar surface area (TPSA) is 59.1 Å². The minimum absolute atomic E-state index is 0.0949. The van der Waals surface area contributed by atoms with Crippen molar-refractivity contribution in [2.24, 2.45) is 11.7 Å². The van der Waals surface area contributed by atoms with Crippen molar-refractivity contribution >= 4 is 5.84 Å². The molecule has 0 heterocycles. The smallest absolute Gasteiger partial charge is 0.0931 e. The maximum atomic E-state index is 7.02. The molecule has 1 atom stereocenters. The van der Waals surface area contributed by atoms with Crippen LogP contribution >= 0.6 is 0 Å². The summed E-state index contributed by atoms with van der Waals surface area (Å²) in [5, 5.41) is 7.02. The van der Waals surface area contributed by atoms with Gasteiger partial charge in [0.1, 0.15) is 0 Å². The van der Waals surface area contributed by atoms with Crippen molar-refractivity contribution in [3.8, 4) is 0 Å². The molecular weight excluding hydrogens is 128 g/mol. The number of ether oxygens (including phenoxy) is 1. The number of nitrogens with two attached hydrogens (primary N) is 1. The van der Waals surface area contributed by atoms with Crippen molar-refractivity contribution < 1.29 is 4.74 Å². The van der Waals surface area contributed by atoms with Crippen molar-refractivity contribution in [2.45, 2.75) is 26.4 Å². The molecule has 3 nitrogen and oxygen atoms in total. The lowest BCUT2D eigenvalue weighted by atomic mass is 10.0. The zero-order chi connectivity index (χ0) is 8.15. The van der Waals surface area contributed by atoms with Gasteiger partial charge in [0.25, 0.3) is 0 Å². The second-order valence-corrected chi connectivity index (χ2v) is 2.75. The van der Waals surface area contributed by atoms with E-state index in [2.05, 4.69) is 13.8 Å². The average Bonchev–Trinajstić information content (AvgIpc) is 1.81. The Morgan fingerprint density at radius 1 is 1.60 bits per heavy atom. The second kappa shape index (κ2) is 4.28. The Bertz CT molecular complexity index is 112. The van der Waals surface area contributed by atoms with Crippen molar-refractivity contribution in [3.05, 3.63) is 0 Å². The Hall–Kier alpha value is -0.570. The maximum absolute atomic E-state index is 7.02. The molecule has 0 aliphatic heterocycles. The van der Waals surface area contributed by atoms with Gasteiger partial charge < -0.3 is 10.5 Å². The summed E-state index contributed by atoms with van der Waals surface area (Å²) in [5.41, 5.74) is 5.21.